The molecule has 0 saturated heterocycles. The number of nitrogen functional groups attached to an aromatic ring is 1. The van der Waals surface area contributed by atoms with Crippen LogP contribution in [0.4, 0.5) is 5.69 Å². The van der Waals surface area contributed by atoms with Gasteiger partial charge in [-0.1, -0.05) is 0 Å². The topological polar surface area (TPSA) is 72.2 Å². The Hall–Kier alpha value is -1.36. The normalized spacial score (nSPS) is 14.2. The van der Waals surface area contributed by atoms with Crippen molar-refractivity contribution < 1.29 is 9.00 Å². The van der Waals surface area contributed by atoms with E-state index in [1.54, 1.807) is 25.1 Å². The van der Waals surface area contributed by atoms with Crippen LogP contribution in [0.5, 0.6) is 0 Å². The van der Waals surface area contributed by atoms with E-state index >= 15 is 0 Å². The van der Waals surface area contributed by atoms with Crippen molar-refractivity contribution >= 4 is 22.4 Å². The molecule has 0 aliphatic rings. The molecule has 3 N–H and O–H groups in total. The van der Waals surface area contributed by atoms with Gasteiger partial charge in [0.05, 0.1) is 10.8 Å². The molecular formula is C11H16N2O2S. The molecule has 4 nitrogen and oxygen atoms in total. The number of carbonyl (C=O) groups excluding carboxylic acids is 1. The molecule has 0 saturated carbocycles. The van der Waals surface area contributed by atoms with Crippen molar-refractivity contribution in [3.05, 3.63) is 23.8 Å². The fraction of sp³-hybridized carbons (Fsp3) is 0.364. The summed E-state index contributed by atoms with van der Waals surface area (Å²) in [6.07, 6.45) is 0. The largest absolute Gasteiger partial charge is 0.399 e. The van der Waals surface area contributed by atoms with Crippen molar-refractivity contribution in [3.8, 4) is 0 Å². The van der Waals surface area contributed by atoms with Crippen molar-refractivity contribution in [2.24, 2.45) is 0 Å². The van der Waals surface area contributed by atoms with Crippen molar-refractivity contribution in [1.29, 1.82) is 0 Å². The molecule has 0 bridgehead atoms. The first-order valence-corrected chi connectivity index (χ1v) is 6.17. The number of anilines is 1. The summed E-state index contributed by atoms with van der Waals surface area (Å²) in [5.74, 6) is -0.227. The Morgan fingerprint density at radius 1 is 1.50 bits per heavy atom. The molecule has 88 valence electrons. The fourth-order valence-electron chi connectivity index (χ4n) is 1.39. The standard InChI is InChI=1S/C11H16N2O2S/c1-7-6-9(12)4-5-10(7)16(15)8(2)11(14)13-3/h4-6,8H,12H2,1-3H3,(H,13,14). The summed E-state index contributed by atoms with van der Waals surface area (Å²) < 4.78 is 12.1. The predicted octanol–water partition coefficient (Wildman–Crippen LogP) is 0.819. The van der Waals surface area contributed by atoms with Crippen LogP contribution in [-0.4, -0.2) is 22.4 Å². The Bertz CT molecular complexity index is 432. The van der Waals surface area contributed by atoms with Gasteiger partial charge >= 0.3 is 0 Å². The molecule has 0 aliphatic heterocycles. The number of hydrogen-bond donors (Lipinski definition) is 2. The lowest BCUT2D eigenvalue weighted by atomic mass is 10.2. The third kappa shape index (κ3) is 2.61. The molecular weight excluding hydrogens is 224 g/mol. The molecule has 1 aromatic carbocycles. The van der Waals surface area contributed by atoms with Crippen LogP contribution in [0.15, 0.2) is 23.1 Å². The van der Waals surface area contributed by atoms with Crippen LogP contribution in [0, 0.1) is 6.92 Å². The highest BCUT2D eigenvalue weighted by molar-refractivity contribution is 7.86. The van der Waals surface area contributed by atoms with Crippen molar-refractivity contribution in [2.75, 3.05) is 12.8 Å². The summed E-state index contributed by atoms with van der Waals surface area (Å²) in [6.45, 7) is 3.48. The lowest BCUT2D eigenvalue weighted by Crippen LogP contribution is -2.33. The second-order valence-corrected chi connectivity index (χ2v) is 5.32. The van der Waals surface area contributed by atoms with Gasteiger partial charge in [-0.25, -0.2) is 0 Å². The molecule has 16 heavy (non-hydrogen) atoms. The van der Waals surface area contributed by atoms with Crippen molar-refractivity contribution in [3.63, 3.8) is 0 Å². The number of nitrogens with two attached hydrogens (primary N) is 1. The molecule has 0 fully saturated rings. The quantitative estimate of drug-likeness (QED) is 0.768. The lowest BCUT2D eigenvalue weighted by molar-refractivity contribution is -0.119. The molecule has 0 aliphatic carbocycles. The minimum absolute atomic E-state index is 0.227. The molecule has 2 unspecified atom stereocenters. The van der Waals surface area contributed by atoms with Gasteiger partial charge in [0.25, 0.3) is 0 Å². The highest BCUT2D eigenvalue weighted by Crippen LogP contribution is 2.19. The molecule has 0 heterocycles. The summed E-state index contributed by atoms with van der Waals surface area (Å²) in [5.41, 5.74) is 7.08. The SMILES string of the molecule is CNC(=O)C(C)S(=O)c1ccc(N)cc1C. The van der Waals surface area contributed by atoms with E-state index in [0.29, 0.717) is 10.6 Å². The molecule has 1 rings (SSSR count). The summed E-state index contributed by atoms with van der Waals surface area (Å²) >= 11 is 0. The zero-order chi connectivity index (χ0) is 12.3. The Labute approximate surface area is 97.7 Å². The maximum atomic E-state index is 12.1. The number of aryl methyl sites for hydroxylation is 1. The van der Waals surface area contributed by atoms with Gasteiger partial charge in [-0.3, -0.25) is 9.00 Å². The van der Waals surface area contributed by atoms with Crippen LogP contribution >= 0.6 is 0 Å². The van der Waals surface area contributed by atoms with Crippen LogP contribution < -0.4 is 11.1 Å². The van der Waals surface area contributed by atoms with E-state index in [0.717, 1.165) is 5.56 Å². The van der Waals surface area contributed by atoms with Gasteiger partial charge in [0.2, 0.25) is 5.91 Å². The average molecular weight is 240 g/mol. The Morgan fingerprint density at radius 3 is 2.62 bits per heavy atom. The summed E-state index contributed by atoms with van der Waals surface area (Å²) in [6, 6.07) is 5.15. The van der Waals surface area contributed by atoms with Crippen molar-refractivity contribution in [1.82, 2.24) is 5.32 Å². The van der Waals surface area contributed by atoms with Gasteiger partial charge in [0.1, 0.15) is 5.25 Å². The first-order chi connectivity index (χ1) is 7.47. The van der Waals surface area contributed by atoms with Crippen LogP contribution in [0.1, 0.15) is 12.5 Å². The highest BCUT2D eigenvalue weighted by atomic mass is 32.2. The van der Waals surface area contributed by atoms with E-state index < -0.39 is 16.0 Å². The Kier molecular flexibility index (Phi) is 4.06. The zero-order valence-electron chi connectivity index (χ0n) is 9.61. The molecule has 0 aromatic heterocycles. The smallest absolute Gasteiger partial charge is 0.235 e. The number of rotatable bonds is 3. The van der Waals surface area contributed by atoms with Crippen LogP contribution in [0.3, 0.4) is 0 Å². The molecule has 0 spiro atoms. The number of benzene rings is 1. The van der Waals surface area contributed by atoms with Gasteiger partial charge in [-0.15, -0.1) is 0 Å². The third-order valence-electron chi connectivity index (χ3n) is 2.35. The van der Waals surface area contributed by atoms with Gasteiger partial charge in [-0.05, 0) is 37.6 Å². The molecule has 0 radical (unpaired) electrons. The number of amides is 1. The maximum absolute atomic E-state index is 12.1. The van der Waals surface area contributed by atoms with Gasteiger partial charge in [-0.2, -0.15) is 0 Å². The number of hydrogen-bond acceptors (Lipinski definition) is 3. The third-order valence-corrected chi connectivity index (χ3v) is 4.10. The van der Waals surface area contributed by atoms with Crippen LogP contribution in [0.25, 0.3) is 0 Å². The average Bonchev–Trinajstić information content (AvgIpc) is 2.26. The predicted molar refractivity (Wildman–Crippen MR) is 65.5 cm³/mol. The first-order valence-electron chi connectivity index (χ1n) is 4.95. The Morgan fingerprint density at radius 2 is 2.12 bits per heavy atom. The number of carbonyl (C=O) groups is 1. The monoisotopic (exact) mass is 240 g/mol. The molecule has 1 aromatic rings. The minimum Gasteiger partial charge on any atom is -0.399 e. The fourth-order valence-corrected chi connectivity index (χ4v) is 2.66. The molecule has 5 heteroatoms. The minimum atomic E-state index is -1.35. The summed E-state index contributed by atoms with van der Waals surface area (Å²) in [5, 5.41) is 1.93. The van der Waals surface area contributed by atoms with E-state index in [-0.39, 0.29) is 5.91 Å². The van der Waals surface area contributed by atoms with Gasteiger partial charge < -0.3 is 11.1 Å². The second-order valence-electron chi connectivity index (χ2n) is 3.58. The van der Waals surface area contributed by atoms with Crippen molar-refractivity contribution in [2.45, 2.75) is 24.0 Å². The van der Waals surface area contributed by atoms with Crippen LogP contribution in [-0.2, 0) is 15.6 Å². The summed E-state index contributed by atoms with van der Waals surface area (Å²) in [4.78, 5) is 12.0. The van der Waals surface area contributed by atoms with Crippen LogP contribution in [0.2, 0.25) is 0 Å². The molecule has 2 atom stereocenters. The Balaban J connectivity index is 3.01. The summed E-state index contributed by atoms with van der Waals surface area (Å²) in [7, 11) is 0.188. The first kappa shape index (κ1) is 12.7. The highest BCUT2D eigenvalue weighted by Gasteiger charge is 2.21. The number of nitrogens with one attached hydrogen (secondary N) is 1. The van der Waals surface area contributed by atoms with E-state index in [1.165, 1.54) is 7.05 Å². The second kappa shape index (κ2) is 5.12. The van der Waals surface area contributed by atoms with E-state index in [2.05, 4.69) is 5.32 Å². The van der Waals surface area contributed by atoms with Gasteiger partial charge in [0.15, 0.2) is 0 Å². The zero-order valence-corrected chi connectivity index (χ0v) is 10.4. The maximum Gasteiger partial charge on any atom is 0.235 e. The molecule has 1 amide bonds. The van der Waals surface area contributed by atoms with E-state index in [9.17, 15) is 9.00 Å². The van der Waals surface area contributed by atoms with Gasteiger partial charge in [0, 0.05) is 17.6 Å². The van der Waals surface area contributed by atoms with E-state index in [4.69, 9.17) is 5.73 Å². The van der Waals surface area contributed by atoms with E-state index in [1.807, 2.05) is 6.92 Å². The lowest BCUT2D eigenvalue weighted by Gasteiger charge is -2.12.